The highest BCUT2D eigenvalue weighted by Crippen LogP contribution is 2.25. The van der Waals surface area contributed by atoms with E-state index in [1.165, 1.54) is 5.56 Å². The monoisotopic (exact) mass is 237 g/mol. The van der Waals surface area contributed by atoms with E-state index in [0.29, 0.717) is 5.92 Å². The van der Waals surface area contributed by atoms with Crippen LogP contribution in [0.15, 0.2) is 18.3 Å². The molecule has 4 nitrogen and oxygen atoms in total. The molecule has 0 fully saturated rings. The molecular weight excluding hydrogens is 214 g/mol. The number of nitrogens with one attached hydrogen (secondary N) is 1. The van der Waals surface area contributed by atoms with Gasteiger partial charge in [0.25, 0.3) is 0 Å². The predicted octanol–water partition coefficient (Wildman–Crippen LogP) is 1.82. The summed E-state index contributed by atoms with van der Waals surface area (Å²) in [5.74, 6) is 6.06. The fourth-order valence-corrected chi connectivity index (χ4v) is 2.01. The molecule has 0 bridgehead atoms. The first-order chi connectivity index (χ1) is 8.24. The van der Waals surface area contributed by atoms with Gasteiger partial charge in [0.05, 0.1) is 11.7 Å². The van der Waals surface area contributed by atoms with E-state index >= 15 is 0 Å². The normalized spacial score (nSPS) is 14.6. The summed E-state index contributed by atoms with van der Waals surface area (Å²) in [6.07, 6.45) is 3.76. The number of aryl methyl sites for hydroxylation is 1. The second-order valence-electron chi connectivity index (χ2n) is 4.30. The Labute approximate surface area is 104 Å². The fourth-order valence-electron chi connectivity index (χ4n) is 2.01. The van der Waals surface area contributed by atoms with Gasteiger partial charge in [0.2, 0.25) is 0 Å². The van der Waals surface area contributed by atoms with Crippen LogP contribution in [0.2, 0.25) is 0 Å². The Bertz CT molecular complexity index is 330. The van der Waals surface area contributed by atoms with Crippen molar-refractivity contribution in [2.75, 3.05) is 13.7 Å². The van der Waals surface area contributed by atoms with Crippen molar-refractivity contribution in [1.29, 1.82) is 0 Å². The van der Waals surface area contributed by atoms with Gasteiger partial charge in [-0.25, -0.2) is 0 Å². The number of rotatable bonds is 7. The SMILES string of the molecule is CCc1cccnc1C(NN)C(C)CCOC. The molecule has 2 atom stereocenters. The Balaban J connectivity index is 2.84. The summed E-state index contributed by atoms with van der Waals surface area (Å²) in [7, 11) is 1.72. The molecule has 3 N–H and O–H groups in total. The number of hydrogen-bond acceptors (Lipinski definition) is 4. The fraction of sp³-hybridized carbons (Fsp3) is 0.615. The number of hydrogen-bond donors (Lipinski definition) is 2. The molecule has 0 spiro atoms. The van der Waals surface area contributed by atoms with E-state index in [1.54, 1.807) is 7.11 Å². The van der Waals surface area contributed by atoms with Crippen LogP contribution in [0, 0.1) is 5.92 Å². The third-order valence-corrected chi connectivity index (χ3v) is 3.13. The van der Waals surface area contributed by atoms with Crippen molar-refractivity contribution in [3.05, 3.63) is 29.6 Å². The van der Waals surface area contributed by atoms with Crippen LogP contribution in [0.25, 0.3) is 0 Å². The minimum absolute atomic E-state index is 0.0845. The van der Waals surface area contributed by atoms with Crippen LogP contribution in [0.1, 0.15) is 37.6 Å². The van der Waals surface area contributed by atoms with Gasteiger partial charge in [-0.05, 0) is 30.4 Å². The van der Waals surface area contributed by atoms with Crippen molar-refractivity contribution in [2.24, 2.45) is 11.8 Å². The van der Waals surface area contributed by atoms with Gasteiger partial charge >= 0.3 is 0 Å². The molecule has 2 unspecified atom stereocenters. The first kappa shape index (κ1) is 14.1. The summed E-state index contributed by atoms with van der Waals surface area (Å²) >= 11 is 0. The van der Waals surface area contributed by atoms with Gasteiger partial charge < -0.3 is 4.74 Å². The van der Waals surface area contributed by atoms with Crippen molar-refractivity contribution < 1.29 is 4.74 Å². The maximum absolute atomic E-state index is 5.67. The van der Waals surface area contributed by atoms with E-state index in [-0.39, 0.29) is 6.04 Å². The molecule has 4 heteroatoms. The standard InChI is InChI=1S/C13H23N3O/c1-4-11-6-5-8-15-13(11)12(16-14)10(2)7-9-17-3/h5-6,8,10,12,16H,4,7,9,14H2,1-3H3. The van der Waals surface area contributed by atoms with Crippen molar-refractivity contribution in [1.82, 2.24) is 10.4 Å². The molecule has 0 saturated carbocycles. The van der Waals surface area contributed by atoms with E-state index in [9.17, 15) is 0 Å². The Morgan fingerprint density at radius 1 is 1.53 bits per heavy atom. The molecule has 1 heterocycles. The lowest BCUT2D eigenvalue weighted by Crippen LogP contribution is -2.34. The smallest absolute Gasteiger partial charge is 0.0661 e. The number of aromatic nitrogens is 1. The van der Waals surface area contributed by atoms with Crippen LogP contribution in [0.5, 0.6) is 0 Å². The van der Waals surface area contributed by atoms with E-state index < -0.39 is 0 Å². The van der Waals surface area contributed by atoms with Crippen LogP contribution in [-0.4, -0.2) is 18.7 Å². The van der Waals surface area contributed by atoms with Gasteiger partial charge in [-0.1, -0.05) is 19.9 Å². The highest BCUT2D eigenvalue weighted by Gasteiger charge is 2.21. The summed E-state index contributed by atoms with van der Waals surface area (Å²) in [4.78, 5) is 4.47. The quantitative estimate of drug-likeness (QED) is 0.561. The Hall–Kier alpha value is -0.970. The second kappa shape index (κ2) is 7.37. The zero-order valence-corrected chi connectivity index (χ0v) is 10.9. The van der Waals surface area contributed by atoms with Gasteiger partial charge in [-0.2, -0.15) is 0 Å². The Kier molecular flexibility index (Phi) is 6.11. The average molecular weight is 237 g/mol. The van der Waals surface area contributed by atoms with Crippen LogP contribution in [-0.2, 0) is 11.2 Å². The number of nitrogens with zero attached hydrogens (tertiary/aromatic N) is 1. The number of ether oxygens (including phenoxy) is 1. The third kappa shape index (κ3) is 3.77. The van der Waals surface area contributed by atoms with Crippen molar-refractivity contribution in [3.63, 3.8) is 0 Å². The van der Waals surface area contributed by atoms with Crippen molar-refractivity contribution in [2.45, 2.75) is 32.7 Å². The predicted molar refractivity (Wildman–Crippen MR) is 69.3 cm³/mol. The lowest BCUT2D eigenvalue weighted by molar-refractivity contribution is 0.169. The molecule has 0 aliphatic carbocycles. The number of hydrazine groups is 1. The van der Waals surface area contributed by atoms with Crippen LogP contribution < -0.4 is 11.3 Å². The second-order valence-corrected chi connectivity index (χ2v) is 4.30. The van der Waals surface area contributed by atoms with Gasteiger partial charge in [0.15, 0.2) is 0 Å². The first-order valence-electron chi connectivity index (χ1n) is 6.13. The van der Waals surface area contributed by atoms with E-state index in [2.05, 4.69) is 30.3 Å². The zero-order chi connectivity index (χ0) is 12.7. The minimum Gasteiger partial charge on any atom is -0.385 e. The molecule has 0 aromatic carbocycles. The van der Waals surface area contributed by atoms with Crippen LogP contribution >= 0.6 is 0 Å². The number of methoxy groups -OCH3 is 1. The molecule has 1 aromatic heterocycles. The Morgan fingerprint density at radius 3 is 2.88 bits per heavy atom. The largest absolute Gasteiger partial charge is 0.385 e. The number of pyridine rings is 1. The first-order valence-corrected chi connectivity index (χ1v) is 6.13. The lowest BCUT2D eigenvalue weighted by Gasteiger charge is -2.24. The van der Waals surface area contributed by atoms with Crippen LogP contribution in [0.3, 0.4) is 0 Å². The van der Waals surface area contributed by atoms with Crippen molar-refractivity contribution in [3.8, 4) is 0 Å². The summed E-state index contributed by atoms with van der Waals surface area (Å²) in [5, 5.41) is 0. The van der Waals surface area contributed by atoms with Gasteiger partial charge in [0.1, 0.15) is 0 Å². The maximum atomic E-state index is 5.67. The summed E-state index contributed by atoms with van der Waals surface area (Å²) in [5.41, 5.74) is 5.19. The summed E-state index contributed by atoms with van der Waals surface area (Å²) in [6.45, 7) is 5.04. The minimum atomic E-state index is 0.0845. The van der Waals surface area contributed by atoms with Gasteiger partial charge in [-0.3, -0.25) is 16.3 Å². The highest BCUT2D eigenvalue weighted by molar-refractivity contribution is 5.23. The molecule has 96 valence electrons. The van der Waals surface area contributed by atoms with Crippen LogP contribution in [0.4, 0.5) is 0 Å². The number of nitrogens with two attached hydrogens (primary N) is 1. The van der Waals surface area contributed by atoms with E-state index in [0.717, 1.165) is 25.1 Å². The molecule has 0 aliphatic rings. The zero-order valence-electron chi connectivity index (χ0n) is 10.9. The molecule has 1 aromatic rings. The molecule has 0 saturated heterocycles. The molecule has 1 rings (SSSR count). The average Bonchev–Trinajstić information content (AvgIpc) is 2.37. The van der Waals surface area contributed by atoms with E-state index in [1.807, 2.05) is 12.3 Å². The van der Waals surface area contributed by atoms with Gasteiger partial charge in [-0.15, -0.1) is 0 Å². The maximum Gasteiger partial charge on any atom is 0.0661 e. The molecule has 0 aliphatic heterocycles. The molecular formula is C13H23N3O. The van der Waals surface area contributed by atoms with Crippen molar-refractivity contribution >= 4 is 0 Å². The highest BCUT2D eigenvalue weighted by atomic mass is 16.5. The topological polar surface area (TPSA) is 60.2 Å². The molecule has 0 radical (unpaired) electrons. The lowest BCUT2D eigenvalue weighted by atomic mass is 9.93. The molecule has 17 heavy (non-hydrogen) atoms. The van der Waals surface area contributed by atoms with Gasteiger partial charge in [0, 0.05) is 19.9 Å². The molecule has 0 amide bonds. The summed E-state index contributed by atoms with van der Waals surface area (Å²) in [6, 6.07) is 4.16. The Morgan fingerprint density at radius 2 is 2.29 bits per heavy atom. The van der Waals surface area contributed by atoms with E-state index in [4.69, 9.17) is 10.6 Å². The third-order valence-electron chi connectivity index (χ3n) is 3.13. The summed E-state index contributed by atoms with van der Waals surface area (Å²) < 4.78 is 5.11.